The van der Waals surface area contributed by atoms with Crippen molar-refractivity contribution in [2.45, 2.75) is 31.8 Å². The molecule has 1 fully saturated rings. The minimum atomic E-state index is -1.44. The Morgan fingerprint density at radius 3 is 2.33 bits per heavy atom. The van der Waals surface area contributed by atoms with E-state index in [1.54, 1.807) is 0 Å². The van der Waals surface area contributed by atoms with Gasteiger partial charge in [0.15, 0.2) is 17.5 Å². The number of aliphatic hydroxyl groups is 1. The Morgan fingerprint density at radius 2 is 1.83 bits per heavy atom. The summed E-state index contributed by atoms with van der Waals surface area (Å²) in [5.41, 5.74) is 0.370. The highest BCUT2D eigenvalue weighted by Crippen LogP contribution is 2.34. The van der Waals surface area contributed by atoms with Gasteiger partial charge in [0, 0.05) is 19.2 Å². The van der Waals surface area contributed by atoms with E-state index in [0.29, 0.717) is 17.9 Å². The number of aliphatic hydroxyl groups excluding tert-OH is 1. The van der Waals surface area contributed by atoms with Crippen molar-refractivity contribution in [1.29, 1.82) is 0 Å². The lowest BCUT2D eigenvalue weighted by Crippen LogP contribution is -2.31. The lowest BCUT2D eigenvalue weighted by molar-refractivity contribution is 0.255. The highest BCUT2D eigenvalue weighted by molar-refractivity contribution is 5.19. The fourth-order valence-corrected chi connectivity index (χ4v) is 2.10. The predicted molar refractivity (Wildman–Crippen MR) is 61.4 cm³/mol. The highest BCUT2D eigenvalue weighted by atomic mass is 19.2. The Balaban J connectivity index is 1.96. The zero-order valence-electron chi connectivity index (χ0n) is 9.93. The summed E-state index contributed by atoms with van der Waals surface area (Å²) >= 11 is 0. The Bertz CT molecular complexity index is 398. The molecular formula is C13H16F3NO. The summed E-state index contributed by atoms with van der Waals surface area (Å²) in [6.07, 6.45) is 2.85. The molecule has 1 saturated carbocycles. The van der Waals surface area contributed by atoms with Gasteiger partial charge in [0.25, 0.3) is 0 Å². The number of hydrogen-bond donors (Lipinski definition) is 2. The first-order valence-electron chi connectivity index (χ1n) is 6.09. The van der Waals surface area contributed by atoms with Crippen molar-refractivity contribution in [1.82, 2.24) is 5.32 Å². The number of benzene rings is 1. The molecule has 2 N–H and O–H groups in total. The maximum atomic E-state index is 13.0. The van der Waals surface area contributed by atoms with Crippen LogP contribution in [-0.4, -0.2) is 17.8 Å². The van der Waals surface area contributed by atoms with Gasteiger partial charge in [0.05, 0.1) is 0 Å². The molecule has 0 radical (unpaired) electrons. The molecule has 1 aromatic carbocycles. The molecule has 0 spiro atoms. The molecule has 0 aromatic heterocycles. The highest BCUT2D eigenvalue weighted by Gasteiger charge is 2.30. The van der Waals surface area contributed by atoms with E-state index in [-0.39, 0.29) is 19.2 Å². The number of halogens is 3. The van der Waals surface area contributed by atoms with Crippen molar-refractivity contribution in [3.8, 4) is 0 Å². The second-order valence-corrected chi connectivity index (χ2v) is 4.71. The van der Waals surface area contributed by atoms with Gasteiger partial charge in [-0.1, -0.05) is 0 Å². The zero-order valence-corrected chi connectivity index (χ0v) is 9.93. The lowest BCUT2D eigenvalue weighted by atomic mass is 10.1. The van der Waals surface area contributed by atoms with E-state index < -0.39 is 17.5 Å². The molecule has 18 heavy (non-hydrogen) atoms. The Kier molecular flexibility index (Phi) is 4.24. The monoisotopic (exact) mass is 259 g/mol. The van der Waals surface area contributed by atoms with Crippen LogP contribution in [0.15, 0.2) is 12.1 Å². The topological polar surface area (TPSA) is 32.3 Å². The van der Waals surface area contributed by atoms with Crippen LogP contribution in [-0.2, 0) is 6.54 Å². The Labute approximate surface area is 104 Å². The van der Waals surface area contributed by atoms with E-state index in [0.717, 1.165) is 25.0 Å². The van der Waals surface area contributed by atoms with Crippen LogP contribution in [0.5, 0.6) is 0 Å². The molecule has 1 atom stereocenters. The molecule has 1 aliphatic rings. The molecule has 2 rings (SSSR count). The van der Waals surface area contributed by atoms with E-state index in [9.17, 15) is 13.2 Å². The van der Waals surface area contributed by atoms with Gasteiger partial charge in [-0.05, 0) is 42.9 Å². The molecule has 0 aliphatic heterocycles. The molecular weight excluding hydrogens is 243 g/mol. The Morgan fingerprint density at radius 1 is 1.22 bits per heavy atom. The third-order valence-electron chi connectivity index (χ3n) is 3.24. The van der Waals surface area contributed by atoms with Gasteiger partial charge in [-0.3, -0.25) is 0 Å². The average Bonchev–Trinajstić information content (AvgIpc) is 3.15. The van der Waals surface area contributed by atoms with Crippen LogP contribution in [0.25, 0.3) is 0 Å². The third kappa shape index (κ3) is 3.23. The molecule has 1 unspecified atom stereocenters. The van der Waals surface area contributed by atoms with Crippen LogP contribution < -0.4 is 5.32 Å². The first kappa shape index (κ1) is 13.4. The summed E-state index contributed by atoms with van der Waals surface area (Å²) in [4.78, 5) is 0. The maximum Gasteiger partial charge on any atom is 0.194 e. The SMILES string of the molecule is OCCC(NCc1cc(F)c(F)c(F)c1)C1CC1. The van der Waals surface area contributed by atoms with E-state index in [2.05, 4.69) is 5.32 Å². The first-order chi connectivity index (χ1) is 8.61. The van der Waals surface area contributed by atoms with Crippen LogP contribution in [0.3, 0.4) is 0 Å². The third-order valence-corrected chi connectivity index (χ3v) is 3.24. The molecule has 5 heteroatoms. The molecule has 100 valence electrons. The Hall–Kier alpha value is -1.07. The maximum absolute atomic E-state index is 13.0. The number of rotatable bonds is 6. The van der Waals surface area contributed by atoms with Gasteiger partial charge >= 0.3 is 0 Å². The van der Waals surface area contributed by atoms with E-state index in [1.165, 1.54) is 0 Å². The van der Waals surface area contributed by atoms with Gasteiger partial charge in [-0.25, -0.2) is 13.2 Å². The largest absolute Gasteiger partial charge is 0.396 e. The molecule has 0 saturated heterocycles. The zero-order chi connectivity index (χ0) is 13.1. The molecule has 1 aromatic rings. The summed E-state index contributed by atoms with van der Waals surface area (Å²) in [7, 11) is 0. The summed E-state index contributed by atoms with van der Waals surface area (Å²) in [6.45, 7) is 0.357. The molecule has 0 amide bonds. The molecule has 2 nitrogen and oxygen atoms in total. The van der Waals surface area contributed by atoms with Gasteiger partial charge in [-0.2, -0.15) is 0 Å². The van der Waals surface area contributed by atoms with Gasteiger partial charge in [0.1, 0.15) is 0 Å². The van der Waals surface area contributed by atoms with Gasteiger partial charge < -0.3 is 10.4 Å². The van der Waals surface area contributed by atoms with Crippen molar-refractivity contribution < 1.29 is 18.3 Å². The fourth-order valence-electron chi connectivity index (χ4n) is 2.10. The van der Waals surface area contributed by atoms with Crippen molar-refractivity contribution in [2.24, 2.45) is 5.92 Å². The number of nitrogens with one attached hydrogen (secondary N) is 1. The van der Waals surface area contributed by atoms with Crippen LogP contribution in [0.4, 0.5) is 13.2 Å². The van der Waals surface area contributed by atoms with E-state index in [1.807, 2.05) is 0 Å². The molecule has 0 bridgehead atoms. The van der Waals surface area contributed by atoms with Crippen LogP contribution in [0.1, 0.15) is 24.8 Å². The smallest absolute Gasteiger partial charge is 0.194 e. The van der Waals surface area contributed by atoms with Crippen LogP contribution in [0.2, 0.25) is 0 Å². The second-order valence-electron chi connectivity index (χ2n) is 4.71. The van der Waals surface area contributed by atoms with E-state index in [4.69, 9.17) is 5.11 Å². The predicted octanol–water partition coefficient (Wildman–Crippen LogP) is 2.35. The van der Waals surface area contributed by atoms with Gasteiger partial charge in [-0.15, -0.1) is 0 Å². The summed E-state index contributed by atoms with van der Waals surface area (Å²) in [5.74, 6) is -3.24. The lowest BCUT2D eigenvalue weighted by Gasteiger charge is -2.17. The normalized spacial score (nSPS) is 16.9. The van der Waals surface area contributed by atoms with Crippen molar-refractivity contribution in [2.75, 3.05) is 6.61 Å². The minimum Gasteiger partial charge on any atom is -0.396 e. The quantitative estimate of drug-likeness (QED) is 0.769. The standard InChI is InChI=1S/C13H16F3NO/c14-10-5-8(6-11(15)13(10)16)7-17-12(3-4-18)9-1-2-9/h5-6,9,12,17-18H,1-4,7H2. The number of hydrogen-bond acceptors (Lipinski definition) is 2. The average molecular weight is 259 g/mol. The van der Waals surface area contributed by atoms with Crippen molar-refractivity contribution in [3.05, 3.63) is 35.1 Å². The second kappa shape index (κ2) is 5.71. The summed E-state index contributed by atoms with van der Waals surface area (Å²) in [5, 5.41) is 12.1. The van der Waals surface area contributed by atoms with Gasteiger partial charge in [0.2, 0.25) is 0 Å². The summed E-state index contributed by atoms with van der Waals surface area (Å²) in [6, 6.07) is 2.15. The minimum absolute atomic E-state index is 0.0836. The van der Waals surface area contributed by atoms with Crippen LogP contribution in [0, 0.1) is 23.4 Å². The summed E-state index contributed by atoms with van der Waals surface area (Å²) < 4.78 is 38.8. The van der Waals surface area contributed by atoms with E-state index >= 15 is 0 Å². The fraction of sp³-hybridized carbons (Fsp3) is 0.538. The van der Waals surface area contributed by atoms with Crippen molar-refractivity contribution in [3.63, 3.8) is 0 Å². The molecule has 0 heterocycles. The van der Waals surface area contributed by atoms with Crippen LogP contribution >= 0.6 is 0 Å². The first-order valence-corrected chi connectivity index (χ1v) is 6.09. The molecule has 1 aliphatic carbocycles. The van der Waals surface area contributed by atoms with Crippen molar-refractivity contribution >= 4 is 0 Å².